The van der Waals surface area contributed by atoms with Crippen molar-refractivity contribution in [3.05, 3.63) is 6.61 Å². The highest BCUT2D eigenvalue weighted by Gasteiger charge is 2.31. The van der Waals surface area contributed by atoms with Gasteiger partial charge in [0.15, 0.2) is 0 Å². The zero-order valence-corrected chi connectivity index (χ0v) is 12.0. The summed E-state index contributed by atoms with van der Waals surface area (Å²) in [5, 5.41) is 0. The maximum Gasteiger partial charge on any atom is 0.282 e. The minimum atomic E-state index is -0.861. The summed E-state index contributed by atoms with van der Waals surface area (Å²) in [4.78, 5) is 0. The molecule has 0 aliphatic carbocycles. The predicted molar refractivity (Wildman–Crippen MR) is 70.4 cm³/mol. The molecule has 0 rings (SSSR count). The van der Waals surface area contributed by atoms with E-state index in [1.165, 1.54) is 0 Å². The number of ether oxygens (including phenoxy) is 3. The maximum absolute atomic E-state index is 5.79. The number of hydrogen-bond donors (Lipinski definition) is 0. The van der Waals surface area contributed by atoms with E-state index in [2.05, 4.69) is 13.8 Å². The van der Waals surface area contributed by atoms with Gasteiger partial charge in [-0.1, -0.05) is 40.5 Å². The smallest absolute Gasteiger partial charge is 0.282 e. The lowest BCUT2D eigenvalue weighted by Crippen LogP contribution is -2.38. The second kappa shape index (κ2) is 11.0. The van der Waals surface area contributed by atoms with E-state index < -0.39 is 5.97 Å². The van der Waals surface area contributed by atoms with Crippen molar-refractivity contribution in [1.29, 1.82) is 0 Å². The molecule has 0 aliphatic heterocycles. The van der Waals surface area contributed by atoms with Crippen LogP contribution in [-0.4, -0.2) is 19.2 Å². The molecule has 103 valence electrons. The topological polar surface area (TPSA) is 27.7 Å². The first-order valence-corrected chi connectivity index (χ1v) is 7.02. The lowest BCUT2D eigenvalue weighted by atomic mass is 10.3. The van der Waals surface area contributed by atoms with Gasteiger partial charge in [0.1, 0.15) is 0 Å². The number of rotatable bonds is 12. The Morgan fingerprint density at radius 1 is 0.882 bits per heavy atom. The fourth-order valence-corrected chi connectivity index (χ4v) is 1.35. The molecule has 1 radical (unpaired) electrons. The average molecular weight is 245 g/mol. The molecular formula is C14H29O3. The second-order valence-corrected chi connectivity index (χ2v) is 4.13. The fraction of sp³-hybridized carbons (Fsp3) is 0.929. The monoisotopic (exact) mass is 245 g/mol. The van der Waals surface area contributed by atoms with Crippen molar-refractivity contribution in [2.45, 2.75) is 72.2 Å². The highest BCUT2D eigenvalue weighted by molar-refractivity contribution is 4.60. The first-order valence-electron chi connectivity index (χ1n) is 7.02. The average Bonchev–Trinajstić information content (AvgIpc) is 2.36. The quantitative estimate of drug-likeness (QED) is 0.379. The lowest BCUT2D eigenvalue weighted by Gasteiger charge is -2.32. The van der Waals surface area contributed by atoms with Crippen LogP contribution >= 0.6 is 0 Å². The van der Waals surface area contributed by atoms with Crippen LogP contribution in [0.5, 0.6) is 0 Å². The summed E-state index contributed by atoms with van der Waals surface area (Å²) in [5.74, 6) is -0.861. The minimum absolute atomic E-state index is 0.689. The summed E-state index contributed by atoms with van der Waals surface area (Å²) in [6.07, 6.45) is 5.87. The van der Waals surface area contributed by atoms with Crippen molar-refractivity contribution >= 4 is 0 Å². The predicted octanol–water partition coefficient (Wildman–Crippen LogP) is 4.27. The Labute approximate surface area is 107 Å². The molecule has 0 atom stereocenters. The van der Waals surface area contributed by atoms with Gasteiger partial charge < -0.3 is 14.2 Å². The molecule has 0 aliphatic rings. The van der Waals surface area contributed by atoms with Gasteiger partial charge in [0.25, 0.3) is 5.97 Å². The van der Waals surface area contributed by atoms with E-state index in [1.807, 2.05) is 13.8 Å². The molecule has 3 heteroatoms. The third-order valence-electron chi connectivity index (χ3n) is 2.50. The van der Waals surface area contributed by atoms with Gasteiger partial charge in [-0.05, 0) is 19.3 Å². The largest absolute Gasteiger partial charge is 0.327 e. The summed E-state index contributed by atoms with van der Waals surface area (Å²) >= 11 is 0. The van der Waals surface area contributed by atoms with E-state index in [9.17, 15) is 0 Å². The maximum atomic E-state index is 5.79. The van der Waals surface area contributed by atoms with Crippen molar-refractivity contribution in [3.63, 3.8) is 0 Å². The van der Waals surface area contributed by atoms with Crippen LogP contribution in [0.25, 0.3) is 0 Å². The summed E-state index contributed by atoms with van der Waals surface area (Å²) in [6, 6.07) is 0. The zero-order valence-electron chi connectivity index (χ0n) is 12.0. The van der Waals surface area contributed by atoms with Gasteiger partial charge in [-0.25, -0.2) is 0 Å². The SMILES string of the molecule is CC[CH]OC(CC)(OCCCC)OCCCC. The minimum Gasteiger partial charge on any atom is -0.327 e. The summed E-state index contributed by atoms with van der Waals surface area (Å²) in [6.45, 7) is 11.5. The molecule has 0 heterocycles. The second-order valence-electron chi connectivity index (χ2n) is 4.13. The molecule has 3 nitrogen and oxygen atoms in total. The summed E-state index contributed by atoms with van der Waals surface area (Å²) in [5.41, 5.74) is 0. The third-order valence-corrected chi connectivity index (χ3v) is 2.50. The Morgan fingerprint density at radius 3 is 1.76 bits per heavy atom. The van der Waals surface area contributed by atoms with Gasteiger partial charge >= 0.3 is 0 Å². The van der Waals surface area contributed by atoms with Crippen LogP contribution in [0.3, 0.4) is 0 Å². The zero-order chi connectivity index (χ0) is 13.0. The molecule has 17 heavy (non-hydrogen) atoms. The fourth-order valence-electron chi connectivity index (χ4n) is 1.35. The highest BCUT2D eigenvalue weighted by atomic mass is 16.9. The summed E-state index contributed by atoms with van der Waals surface area (Å²) < 4.78 is 17.2. The molecule has 0 saturated heterocycles. The van der Waals surface area contributed by atoms with Gasteiger partial charge in [-0.2, -0.15) is 0 Å². The van der Waals surface area contributed by atoms with Gasteiger partial charge in [0, 0.05) is 6.42 Å². The van der Waals surface area contributed by atoms with Crippen LogP contribution in [0.1, 0.15) is 66.2 Å². The normalized spacial score (nSPS) is 12.0. The van der Waals surface area contributed by atoms with Gasteiger partial charge in [-0.3, -0.25) is 0 Å². The first kappa shape index (κ1) is 16.9. The van der Waals surface area contributed by atoms with Crippen molar-refractivity contribution in [3.8, 4) is 0 Å². The van der Waals surface area contributed by atoms with Gasteiger partial charge in [0.05, 0.1) is 19.8 Å². The van der Waals surface area contributed by atoms with E-state index in [4.69, 9.17) is 14.2 Å². The Kier molecular flexibility index (Phi) is 10.9. The highest BCUT2D eigenvalue weighted by Crippen LogP contribution is 2.22. The first-order chi connectivity index (χ1) is 8.24. The van der Waals surface area contributed by atoms with E-state index in [0.717, 1.165) is 32.1 Å². The van der Waals surface area contributed by atoms with Gasteiger partial charge in [-0.15, -0.1) is 0 Å². The van der Waals surface area contributed by atoms with Crippen LogP contribution in [0.2, 0.25) is 0 Å². The van der Waals surface area contributed by atoms with Crippen LogP contribution in [0, 0.1) is 6.61 Å². The van der Waals surface area contributed by atoms with Crippen LogP contribution in [0.4, 0.5) is 0 Å². The van der Waals surface area contributed by atoms with E-state index in [0.29, 0.717) is 19.6 Å². The molecule has 0 saturated carbocycles. The standard InChI is InChI=1S/C14H29O3/c1-5-9-12-16-14(8-4,15-11-7-3)17-13-10-6-2/h11H,5-10,12-13H2,1-4H3. The molecule has 0 unspecified atom stereocenters. The molecule has 0 aromatic heterocycles. The van der Waals surface area contributed by atoms with Crippen LogP contribution < -0.4 is 0 Å². The van der Waals surface area contributed by atoms with E-state index >= 15 is 0 Å². The van der Waals surface area contributed by atoms with E-state index in [-0.39, 0.29) is 0 Å². The third kappa shape index (κ3) is 7.74. The molecule has 0 N–H and O–H groups in total. The number of hydrogen-bond acceptors (Lipinski definition) is 3. The van der Waals surface area contributed by atoms with Crippen molar-refractivity contribution in [1.82, 2.24) is 0 Å². The van der Waals surface area contributed by atoms with E-state index in [1.54, 1.807) is 6.61 Å². The van der Waals surface area contributed by atoms with Crippen molar-refractivity contribution in [2.75, 3.05) is 13.2 Å². The Balaban J connectivity index is 4.17. The molecule has 0 bridgehead atoms. The molecule has 0 fully saturated rings. The Morgan fingerprint density at radius 2 is 1.41 bits per heavy atom. The molecular weight excluding hydrogens is 216 g/mol. The van der Waals surface area contributed by atoms with Crippen LogP contribution in [-0.2, 0) is 14.2 Å². The van der Waals surface area contributed by atoms with Crippen molar-refractivity contribution < 1.29 is 14.2 Å². The molecule has 0 amide bonds. The summed E-state index contributed by atoms with van der Waals surface area (Å²) in [7, 11) is 0. The molecule has 0 aromatic carbocycles. The Bertz CT molecular complexity index is 150. The molecule has 0 aromatic rings. The number of unbranched alkanes of at least 4 members (excludes halogenated alkanes) is 2. The lowest BCUT2D eigenvalue weighted by molar-refractivity contribution is -0.371. The Hall–Kier alpha value is -0.120. The molecule has 0 spiro atoms. The van der Waals surface area contributed by atoms with Gasteiger partial charge in [0.2, 0.25) is 0 Å². The van der Waals surface area contributed by atoms with Crippen molar-refractivity contribution in [2.24, 2.45) is 0 Å². The van der Waals surface area contributed by atoms with Crippen LogP contribution in [0.15, 0.2) is 0 Å².